The number of benzene rings is 2. The fraction of sp³-hybridized carbons (Fsp3) is 0.261. The maximum atomic E-state index is 12.6. The van der Waals surface area contributed by atoms with E-state index in [2.05, 4.69) is 5.32 Å². The van der Waals surface area contributed by atoms with E-state index in [0.717, 1.165) is 27.8 Å². The van der Waals surface area contributed by atoms with Crippen molar-refractivity contribution in [2.75, 3.05) is 20.2 Å². The molecule has 1 heterocycles. The SMILES string of the molecule is COc1ccc(/C=C2\SC(=O)N(CCNC(=O)[C@@H](C)Oc3cccc(C)c3)C2=O)cc1. The molecule has 1 atom stereocenters. The molecule has 0 radical (unpaired) electrons. The summed E-state index contributed by atoms with van der Waals surface area (Å²) in [5, 5.41) is 2.35. The summed E-state index contributed by atoms with van der Waals surface area (Å²) >= 11 is 0.885. The normalized spacial score (nSPS) is 15.8. The Balaban J connectivity index is 1.51. The predicted molar refractivity (Wildman–Crippen MR) is 120 cm³/mol. The Morgan fingerprint density at radius 3 is 2.58 bits per heavy atom. The van der Waals surface area contributed by atoms with Crippen LogP contribution in [0.1, 0.15) is 18.1 Å². The van der Waals surface area contributed by atoms with E-state index in [9.17, 15) is 14.4 Å². The highest BCUT2D eigenvalue weighted by atomic mass is 32.2. The number of nitrogens with one attached hydrogen (secondary N) is 1. The summed E-state index contributed by atoms with van der Waals surface area (Å²) in [6.07, 6.45) is 0.965. The molecular weight excluding hydrogens is 416 g/mol. The van der Waals surface area contributed by atoms with Gasteiger partial charge in [-0.15, -0.1) is 0 Å². The third-order valence-corrected chi connectivity index (χ3v) is 5.50. The Hall–Kier alpha value is -3.26. The fourth-order valence-corrected chi connectivity index (χ4v) is 3.79. The van der Waals surface area contributed by atoms with Crippen molar-refractivity contribution in [2.45, 2.75) is 20.0 Å². The van der Waals surface area contributed by atoms with Gasteiger partial charge in [0.05, 0.1) is 12.0 Å². The highest BCUT2D eigenvalue weighted by molar-refractivity contribution is 8.18. The smallest absolute Gasteiger partial charge is 0.293 e. The minimum absolute atomic E-state index is 0.0908. The molecule has 0 aromatic heterocycles. The number of nitrogens with zero attached hydrogens (tertiary/aromatic N) is 1. The minimum Gasteiger partial charge on any atom is -0.497 e. The Labute approximate surface area is 185 Å². The van der Waals surface area contributed by atoms with Crippen molar-refractivity contribution in [3.63, 3.8) is 0 Å². The van der Waals surface area contributed by atoms with Gasteiger partial charge in [-0.1, -0.05) is 24.3 Å². The van der Waals surface area contributed by atoms with Crippen molar-refractivity contribution in [1.82, 2.24) is 10.2 Å². The van der Waals surface area contributed by atoms with Crippen LogP contribution in [0, 0.1) is 6.92 Å². The van der Waals surface area contributed by atoms with E-state index < -0.39 is 6.10 Å². The van der Waals surface area contributed by atoms with Crippen LogP contribution in [0.4, 0.5) is 4.79 Å². The summed E-state index contributed by atoms with van der Waals surface area (Å²) in [6, 6.07) is 14.6. The van der Waals surface area contributed by atoms with Crippen LogP contribution in [-0.4, -0.2) is 48.3 Å². The number of methoxy groups -OCH3 is 1. The van der Waals surface area contributed by atoms with Gasteiger partial charge in [-0.05, 0) is 67.1 Å². The van der Waals surface area contributed by atoms with E-state index in [-0.39, 0.29) is 30.1 Å². The Morgan fingerprint density at radius 2 is 1.90 bits per heavy atom. The second-order valence-electron chi connectivity index (χ2n) is 6.97. The number of imide groups is 1. The van der Waals surface area contributed by atoms with E-state index in [0.29, 0.717) is 16.4 Å². The third kappa shape index (κ3) is 5.88. The van der Waals surface area contributed by atoms with Gasteiger partial charge in [0.2, 0.25) is 0 Å². The van der Waals surface area contributed by atoms with Crippen molar-refractivity contribution < 1.29 is 23.9 Å². The highest BCUT2D eigenvalue weighted by Gasteiger charge is 2.34. The summed E-state index contributed by atoms with van der Waals surface area (Å²) in [6.45, 7) is 3.83. The minimum atomic E-state index is -0.702. The quantitative estimate of drug-likeness (QED) is 0.631. The molecule has 3 amide bonds. The van der Waals surface area contributed by atoms with Crippen LogP contribution >= 0.6 is 11.8 Å². The topological polar surface area (TPSA) is 84.9 Å². The molecule has 7 nitrogen and oxygen atoms in total. The van der Waals surface area contributed by atoms with Crippen LogP contribution in [0.15, 0.2) is 53.4 Å². The molecule has 0 saturated carbocycles. The van der Waals surface area contributed by atoms with Crippen molar-refractivity contribution >= 4 is 34.9 Å². The van der Waals surface area contributed by atoms with Crippen molar-refractivity contribution in [2.24, 2.45) is 0 Å². The lowest BCUT2D eigenvalue weighted by Gasteiger charge is -2.17. The summed E-state index contributed by atoms with van der Waals surface area (Å²) in [5.74, 6) is 0.630. The molecule has 1 N–H and O–H groups in total. The molecule has 1 saturated heterocycles. The third-order valence-electron chi connectivity index (χ3n) is 4.59. The van der Waals surface area contributed by atoms with Gasteiger partial charge in [0.1, 0.15) is 11.5 Å². The molecule has 1 fully saturated rings. The lowest BCUT2D eigenvalue weighted by atomic mass is 10.2. The Morgan fingerprint density at radius 1 is 1.16 bits per heavy atom. The van der Waals surface area contributed by atoms with Gasteiger partial charge >= 0.3 is 0 Å². The van der Waals surface area contributed by atoms with E-state index in [1.165, 1.54) is 0 Å². The second-order valence-corrected chi connectivity index (χ2v) is 7.97. The first kappa shape index (κ1) is 22.4. The van der Waals surface area contributed by atoms with E-state index in [4.69, 9.17) is 9.47 Å². The number of aryl methyl sites for hydroxylation is 1. The number of carbonyl (C=O) groups is 3. The predicted octanol–water partition coefficient (Wildman–Crippen LogP) is 3.62. The molecule has 162 valence electrons. The monoisotopic (exact) mass is 440 g/mol. The van der Waals surface area contributed by atoms with Gasteiger partial charge in [0.25, 0.3) is 17.1 Å². The van der Waals surface area contributed by atoms with Crippen LogP contribution in [0.25, 0.3) is 6.08 Å². The average Bonchev–Trinajstić information content (AvgIpc) is 3.01. The second kappa shape index (κ2) is 10.2. The molecule has 31 heavy (non-hydrogen) atoms. The number of carbonyl (C=O) groups excluding carboxylic acids is 3. The number of hydrogen-bond acceptors (Lipinski definition) is 6. The average molecular weight is 441 g/mol. The molecule has 1 aliphatic rings. The van der Waals surface area contributed by atoms with Crippen LogP contribution in [0.5, 0.6) is 11.5 Å². The highest BCUT2D eigenvalue weighted by Crippen LogP contribution is 2.32. The number of amides is 3. The Bertz CT molecular complexity index is 1000. The molecule has 2 aromatic rings. The van der Waals surface area contributed by atoms with E-state index in [1.807, 2.05) is 37.3 Å². The molecule has 0 spiro atoms. The van der Waals surface area contributed by atoms with E-state index in [1.54, 1.807) is 38.3 Å². The number of rotatable bonds is 8. The summed E-state index contributed by atoms with van der Waals surface area (Å²) < 4.78 is 10.8. The van der Waals surface area contributed by atoms with Crippen molar-refractivity contribution in [3.05, 3.63) is 64.6 Å². The Kier molecular flexibility index (Phi) is 7.36. The number of ether oxygens (including phenoxy) is 2. The first-order chi connectivity index (χ1) is 14.9. The fourth-order valence-electron chi connectivity index (χ4n) is 2.93. The number of hydrogen-bond donors (Lipinski definition) is 1. The van der Waals surface area contributed by atoms with Gasteiger partial charge < -0.3 is 14.8 Å². The molecule has 0 bridgehead atoms. The zero-order chi connectivity index (χ0) is 22.4. The summed E-state index contributed by atoms with van der Waals surface area (Å²) in [4.78, 5) is 38.6. The van der Waals surface area contributed by atoms with Gasteiger partial charge in [-0.3, -0.25) is 19.3 Å². The van der Waals surface area contributed by atoms with Crippen LogP contribution in [0.2, 0.25) is 0 Å². The van der Waals surface area contributed by atoms with Crippen molar-refractivity contribution in [3.8, 4) is 11.5 Å². The summed E-state index contributed by atoms with van der Waals surface area (Å²) in [7, 11) is 1.58. The van der Waals surface area contributed by atoms with Gasteiger partial charge in [0.15, 0.2) is 6.10 Å². The molecular formula is C23H24N2O5S. The molecule has 3 rings (SSSR count). The van der Waals surface area contributed by atoms with Gasteiger partial charge in [-0.2, -0.15) is 0 Å². The lowest BCUT2D eigenvalue weighted by molar-refractivity contribution is -0.128. The molecule has 0 aliphatic carbocycles. The summed E-state index contributed by atoms with van der Waals surface area (Å²) in [5.41, 5.74) is 1.83. The van der Waals surface area contributed by atoms with E-state index >= 15 is 0 Å². The number of thioether (sulfide) groups is 1. The maximum absolute atomic E-state index is 12.6. The zero-order valence-electron chi connectivity index (χ0n) is 17.6. The molecule has 8 heteroatoms. The molecule has 2 aromatic carbocycles. The van der Waals surface area contributed by atoms with Crippen LogP contribution in [0.3, 0.4) is 0 Å². The van der Waals surface area contributed by atoms with Crippen molar-refractivity contribution in [1.29, 1.82) is 0 Å². The molecule has 0 unspecified atom stereocenters. The van der Waals surface area contributed by atoms with Crippen LogP contribution in [-0.2, 0) is 9.59 Å². The largest absolute Gasteiger partial charge is 0.497 e. The lowest BCUT2D eigenvalue weighted by Crippen LogP contribution is -2.41. The van der Waals surface area contributed by atoms with Gasteiger partial charge in [-0.25, -0.2) is 0 Å². The first-order valence-corrected chi connectivity index (χ1v) is 10.6. The zero-order valence-corrected chi connectivity index (χ0v) is 18.4. The van der Waals surface area contributed by atoms with Gasteiger partial charge in [0, 0.05) is 13.1 Å². The standard InChI is InChI=1S/C23H24N2O5S/c1-15-5-4-6-19(13-15)30-16(2)21(26)24-11-12-25-22(27)20(31-23(25)28)14-17-7-9-18(29-3)10-8-17/h4-10,13-14,16H,11-12H2,1-3H3,(H,24,26)/b20-14-/t16-/m1/s1. The molecule has 1 aliphatic heterocycles. The first-order valence-electron chi connectivity index (χ1n) is 9.78. The maximum Gasteiger partial charge on any atom is 0.293 e. The van der Waals surface area contributed by atoms with Crippen LogP contribution < -0.4 is 14.8 Å².